The van der Waals surface area contributed by atoms with Crippen LogP contribution in [-0.2, 0) is 14.2 Å². The van der Waals surface area contributed by atoms with Crippen LogP contribution in [0.2, 0.25) is 0 Å². The number of nitrogens with one attached hydrogen (secondary N) is 2. The molecule has 0 aromatic carbocycles. The molecule has 8 aliphatic carbocycles. The van der Waals surface area contributed by atoms with Gasteiger partial charge in [0.15, 0.2) is 0 Å². The van der Waals surface area contributed by atoms with E-state index in [2.05, 4.69) is 64.3 Å². The molecule has 0 saturated heterocycles. The Morgan fingerprint density at radius 3 is 1.35 bits per heavy atom. The van der Waals surface area contributed by atoms with Crippen LogP contribution in [0.25, 0.3) is 0 Å². The van der Waals surface area contributed by atoms with Gasteiger partial charge < -0.3 is 35.1 Å². The first kappa shape index (κ1) is 60.7. The average molecular weight is 1170 g/mol. The van der Waals surface area contributed by atoms with Crippen molar-refractivity contribution in [3.8, 4) is 0 Å². The number of fused-ring (bicyclic) bond motifs is 10. The van der Waals surface area contributed by atoms with Crippen molar-refractivity contribution in [2.75, 3.05) is 26.4 Å². The summed E-state index contributed by atoms with van der Waals surface area (Å²) in [6.45, 7) is 14.4. The van der Waals surface area contributed by atoms with Crippen molar-refractivity contribution in [2.45, 2.75) is 228 Å². The van der Waals surface area contributed by atoms with E-state index in [0.717, 1.165) is 89.9 Å². The van der Waals surface area contributed by atoms with E-state index in [9.17, 15) is 19.8 Å². The molecule has 8 rings (SSSR count). The molecule has 9 nitrogen and oxygen atoms in total. The minimum Gasteiger partial charge on any atom is -0.445 e. The van der Waals surface area contributed by atoms with Gasteiger partial charge in [0.2, 0.25) is 7.59 Å². The van der Waals surface area contributed by atoms with Gasteiger partial charge in [0.05, 0.1) is 12.2 Å². The number of rotatable bonds is 20. The molecule has 75 heavy (non-hydrogen) atoms. The van der Waals surface area contributed by atoms with Crippen LogP contribution in [0.3, 0.4) is 0 Å². The molecule has 0 spiro atoms. The van der Waals surface area contributed by atoms with Gasteiger partial charge in [-0.25, -0.2) is 9.59 Å². The fourth-order valence-electron chi connectivity index (χ4n) is 19.0. The number of unbranched alkanes of at least 4 members (excludes halogenated alkanes) is 4. The molecule has 18 atom stereocenters. The second-order valence-corrected chi connectivity index (χ2v) is 31.6. The van der Waals surface area contributed by atoms with E-state index < -0.39 is 19.8 Å². The number of carbonyl (C=O) groups excluding carboxylic acids is 2. The number of alkyl halides is 6. The lowest BCUT2D eigenvalue weighted by molar-refractivity contribution is -0.103. The van der Waals surface area contributed by atoms with Gasteiger partial charge in [0, 0.05) is 25.3 Å². The average Bonchev–Trinajstić information content (AvgIpc) is 3.92. The van der Waals surface area contributed by atoms with Crippen LogP contribution in [0.1, 0.15) is 196 Å². The van der Waals surface area contributed by atoms with E-state index in [1.54, 1.807) is 11.1 Å². The predicted molar refractivity (Wildman–Crippen MR) is 306 cm³/mol. The number of alkyl carbamates (subject to hydrolysis) is 2. The minimum atomic E-state index is -1.64. The van der Waals surface area contributed by atoms with Gasteiger partial charge in [0.25, 0.3) is 0 Å². The van der Waals surface area contributed by atoms with Gasteiger partial charge in [-0.1, -0.05) is 146 Å². The van der Waals surface area contributed by atoms with Crippen LogP contribution in [0, 0.1) is 80.8 Å². The molecule has 2 amide bonds. The number of hydrogen-bond donors (Lipinski definition) is 4. The van der Waals surface area contributed by atoms with E-state index in [1.807, 2.05) is 0 Å². The largest absolute Gasteiger partial charge is 0.445 e. The molecule has 6 saturated carbocycles. The van der Waals surface area contributed by atoms with Gasteiger partial charge in [-0.15, -0.1) is 0 Å². The summed E-state index contributed by atoms with van der Waals surface area (Å²) in [6, 6.07) is -0.0627. The number of allylic oxidation sites excluding steroid dienone is 4. The van der Waals surface area contributed by atoms with Gasteiger partial charge in [-0.2, -0.15) is 0 Å². The highest BCUT2D eigenvalue weighted by atomic mass is 35.6. The fraction of sp³-hybridized carbons (Fsp3) is 0.900. The van der Waals surface area contributed by atoms with Crippen molar-refractivity contribution >= 4 is 81.8 Å². The van der Waals surface area contributed by atoms with Crippen molar-refractivity contribution in [3.63, 3.8) is 0 Å². The van der Waals surface area contributed by atoms with Crippen LogP contribution in [0.15, 0.2) is 23.3 Å². The first-order chi connectivity index (χ1) is 35.4. The fourth-order valence-corrected chi connectivity index (χ4v) is 19.3. The molecule has 6 fully saturated rings. The normalized spacial score (nSPS) is 38.9. The number of aliphatic hydroxyl groups excluding tert-OH is 2. The maximum Gasteiger partial charge on any atom is 0.407 e. The number of hydrogen-bond acceptors (Lipinski definition) is 7. The van der Waals surface area contributed by atoms with Crippen molar-refractivity contribution in [3.05, 3.63) is 23.3 Å². The minimum absolute atomic E-state index is 0.0313. The third-order valence-electron chi connectivity index (χ3n) is 22.8. The molecule has 4 N–H and O–H groups in total. The maximum atomic E-state index is 12.8. The Labute approximate surface area is 481 Å². The third-order valence-corrected chi connectivity index (χ3v) is 23.4. The van der Waals surface area contributed by atoms with Crippen LogP contribution < -0.4 is 10.6 Å². The second kappa shape index (κ2) is 25.0. The molecule has 0 aromatic heterocycles. The Kier molecular flexibility index (Phi) is 20.3. The molecule has 8 aliphatic rings. The van der Waals surface area contributed by atoms with Crippen molar-refractivity contribution < 1.29 is 34.0 Å². The standard InChI is InChI=1S/C60H94Cl6N2O7/c1-37(67-53(71)73-35-59(61,62)63)45-19-21-47-43-17-15-41-33-39(23-27-55(41,3)49(43)25-29-57(45,47)5)51(13-9-7-11-31-69)75-52(14-10-8-12-32-70)40-24-28-56(4)42(34-40)16-18-44-48-22-20-46(58(48,6)30-26-50(44)56)38(2)68-54(72)74-36-60(64,65)66/h15-16,37-40,43-52,69-70H,7-14,17-36H2,1-6H3,(H,67,71)(H,68,72)/t37-,38-,39+,40+,43?,44?,45-,46-,47?,48?,49?,50?,51?,52?,55+,56+,57-,58-/m1/s1. The number of amides is 2. The SMILES string of the molecule is C[C@@H](NC(=O)OCC(Cl)(Cl)Cl)[C@H]1CCC2C3CC=C4C[C@@H](C(CCCCCO)OC(CCCCCO)[C@H]5CC[C@@]6(C)C(=CCC7C6CC[C@@]6(C)C7CC[C@@H]6[C@@H](C)NC(=O)OCC(Cl)(Cl)Cl)C5)CC[C@]4(C)C3CC[C@@]21C. The van der Waals surface area contributed by atoms with Gasteiger partial charge in [-0.3, -0.25) is 0 Å². The quantitative estimate of drug-likeness (QED) is 0.0543. The summed E-state index contributed by atoms with van der Waals surface area (Å²) in [6.07, 6.45) is 31.4. The number of halogens is 6. The first-order valence-corrected chi connectivity index (χ1v) is 32.0. The maximum absolute atomic E-state index is 12.8. The predicted octanol–water partition coefficient (Wildman–Crippen LogP) is 16.2. The summed E-state index contributed by atoms with van der Waals surface area (Å²) >= 11 is 35.2. The molecule has 428 valence electrons. The molecular formula is C60H94Cl6N2O7. The van der Waals surface area contributed by atoms with Crippen molar-refractivity contribution in [1.29, 1.82) is 0 Å². The molecule has 0 aliphatic heterocycles. The van der Waals surface area contributed by atoms with E-state index in [1.165, 1.54) is 64.2 Å². The second-order valence-electron chi connectivity index (χ2n) is 26.6. The number of carbonyl (C=O) groups is 2. The molecule has 0 radical (unpaired) electrons. The van der Waals surface area contributed by atoms with Gasteiger partial charge in [0.1, 0.15) is 13.2 Å². The summed E-state index contributed by atoms with van der Waals surface area (Å²) in [4.78, 5) is 25.5. The Hall–Kier alpha value is -0.360. The molecule has 8 unspecified atom stereocenters. The highest BCUT2D eigenvalue weighted by molar-refractivity contribution is 6.68. The lowest BCUT2D eigenvalue weighted by Crippen LogP contribution is -2.53. The zero-order valence-corrected chi connectivity index (χ0v) is 50.8. The molecule has 0 bridgehead atoms. The third kappa shape index (κ3) is 13.4. The lowest BCUT2D eigenvalue weighted by Gasteiger charge is -2.59. The topological polar surface area (TPSA) is 126 Å². The molecule has 0 heterocycles. The molecule has 15 heteroatoms. The van der Waals surface area contributed by atoms with E-state index >= 15 is 0 Å². The lowest BCUT2D eigenvalue weighted by atomic mass is 9.46. The highest BCUT2D eigenvalue weighted by Gasteiger charge is 2.62. The van der Waals surface area contributed by atoms with E-state index in [4.69, 9.17) is 83.8 Å². The van der Waals surface area contributed by atoms with E-state index in [0.29, 0.717) is 59.2 Å². The van der Waals surface area contributed by atoms with Crippen LogP contribution in [-0.4, -0.2) is 80.7 Å². The zero-order valence-electron chi connectivity index (χ0n) is 46.2. The zero-order chi connectivity index (χ0) is 54.1. The van der Waals surface area contributed by atoms with Gasteiger partial charge >= 0.3 is 12.2 Å². The first-order valence-electron chi connectivity index (χ1n) is 29.7. The molecule has 0 aromatic rings. The summed E-state index contributed by atoms with van der Waals surface area (Å²) in [5, 5.41) is 25.8. The highest BCUT2D eigenvalue weighted by Crippen LogP contribution is 2.69. The molecular weight excluding hydrogens is 1070 g/mol. The Morgan fingerprint density at radius 2 is 0.973 bits per heavy atom. The Morgan fingerprint density at radius 1 is 0.573 bits per heavy atom. The van der Waals surface area contributed by atoms with E-state index in [-0.39, 0.29) is 72.4 Å². The summed E-state index contributed by atoms with van der Waals surface area (Å²) in [5.41, 5.74) is 4.07. The Balaban J connectivity index is 0.940. The number of aliphatic hydroxyl groups is 2. The van der Waals surface area contributed by atoms with Crippen LogP contribution in [0.4, 0.5) is 9.59 Å². The summed E-state index contributed by atoms with van der Waals surface area (Å²) < 4.78 is 15.0. The van der Waals surface area contributed by atoms with Crippen molar-refractivity contribution in [1.82, 2.24) is 10.6 Å². The van der Waals surface area contributed by atoms with Gasteiger partial charge in [-0.05, 0) is 223 Å². The summed E-state index contributed by atoms with van der Waals surface area (Å²) in [5.74, 6) is 5.58. The number of ether oxygens (including phenoxy) is 3. The smallest absolute Gasteiger partial charge is 0.407 e. The van der Waals surface area contributed by atoms with Crippen LogP contribution in [0.5, 0.6) is 0 Å². The summed E-state index contributed by atoms with van der Waals surface area (Å²) in [7, 11) is 0. The monoisotopic (exact) mass is 1160 g/mol. The van der Waals surface area contributed by atoms with Crippen molar-refractivity contribution in [2.24, 2.45) is 80.8 Å². The van der Waals surface area contributed by atoms with Crippen LogP contribution >= 0.6 is 69.6 Å². The Bertz CT molecular complexity index is 1880.